The van der Waals surface area contributed by atoms with E-state index >= 15 is 0 Å². The Morgan fingerprint density at radius 1 is 1.08 bits per heavy atom. The first-order valence-electron chi connectivity index (χ1n) is 7.47. The molecular formula is C17H14N6S. The standard InChI is InChI=1S/C17H14N6S/c1-12-16(24-17(21-12)13-4-2-6-18-10-13)14-5-9-23(22-14)11-15-19-7-3-8-20-15/h2-10H,11H2,1H3. The molecule has 0 radical (unpaired) electrons. The molecular weight excluding hydrogens is 320 g/mol. The van der Waals surface area contributed by atoms with Crippen LogP contribution < -0.4 is 0 Å². The molecule has 0 saturated carbocycles. The zero-order chi connectivity index (χ0) is 16.4. The van der Waals surface area contributed by atoms with Gasteiger partial charge in [-0.15, -0.1) is 11.3 Å². The Kier molecular flexibility index (Phi) is 3.84. The average Bonchev–Trinajstić information content (AvgIpc) is 3.23. The van der Waals surface area contributed by atoms with E-state index in [1.54, 1.807) is 36.0 Å². The number of hydrogen-bond acceptors (Lipinski definition) is 6. The fourth-order valence-corrected chi connectivity index (χ4v) is 3.40. The van der Waals surface area contributed by atoms with Crippen molar-refractivity contribution >= 4 is 11.3 Å². The molecule has 0 atom stereocenters. The Hall–Kier alpha value is -2.93. The largest absolute Gasteiger partial charge is 0.264 e. The number of aryl methyl sites for hydroxylation is 1. The van der Waals surface area contributed by atoms with E-state index in [-0.39, 0.29) is 0 Å². The van der Waals surface area contributed by atoms with Crippen molar-refractivity contribution in [1.82, 2.24) is 29.7 Å². The summed E-state index contributed by atoms with van der Waals surface area (Å²) >= 11 is 1.63. The molecule has 0 N–H and O–H groups in total. The van der Waals surface area contributed by atoms with Gasteiger partial charge in [-0.3, -0.25) is 9.67 Å². The van der Waals surface area contributed by atoms with E-state index in [0.717, 1.165) is 32.7 Å². The highest BCUT2D eigenvalue weighted by Gasteiger charge is 2.14. The highest BCUT2D eigenvalue weighted by Crippen LogP contribution is 2.33. The summed E-state index contributed by atoms with van der Waals surface area (Å²) < 4.78 is 1.84. The van der Waals surface area contributed by atoms with E-state index in [1.807, 2.05) is 42.2 Å². The third-order valence-corrected chi connectivity index (χ3v) is 4.73. The summed E-state index contributed by atoms with van der Waals surface area (Å²) in [5.41, 5.74) is 2.91. The van der Waals surface area contributed by atoms with Gasteiger partial charge >= 0.3 is 0 Å². The van der Waals surface area contributed by atoms with Crippen LogP contribution in [0.4, 0.5) is 0 Å². The highest BCUT2D eigenvalue weighted by atomic mass is 32.1. The molecule has 0 saturated heterocycles. The van der Waals surface area contributed by atoms with Crippen LogP contribution in [0.15, 0.2) is 55.2 Å². The van der Waals surface area contributed by atoms with Gasteiger partial charge in [-0.05, 0) is 31.2 Å². The molecule has 4 rings (SSSR count). The molecule has 0 aliphatic rings. The van der Waals surface area contributed by atoms with Gasteiger partial charge in [-0.25, -0.2) is 15.0 Å². The third-order valence-electron chi connectivity index (χ3n) is 3.50. The Morgan fingerprint density at radius 2 is 1.96 bits per heavy atom. The lowest BCUT2D eigenvalue weighted by Gasteiger charge is -1.99. The molecule has 6 nitrogen and oxygen atoms in total. The zero-order valence-corrected chi connectivity index (χ0v) is 13.8. The molecule has 0 amide bonds. The molecule has 4 aromatic heterocycles. The molecule has 0 spiro atoms. The second-order valence-corrected chi connectivity index (χ2v) is 6.24. The van der Waals surface area contributed by atoms with Gasteiger partial charge < -0.3 is 0 Å². The number of pyridine rings is 1. The van der Waals surface area contributed by atoms with Crippen molar-refractivity contribution in [2.24, 2.45) is 0 Å². The first kappa shape index (κ1) is 14.6. The molecule has 24 heavy (non-hydrogen) atoms. The van der Waals surface area contributed by atoms with Crippen molar-refractivity contribution in [3.63, 3.8) is 0 Å². The summed E-state index contributed by atoms with van der Waals surface area (Å²) in [6.45, 7) is 2.55. The molecule has 4 aromatic rings. The SMILES string of the molecule is Cc1nc(-c2cccnc2)sc1-c1ccn(Cc2ncccn2)n1. The van der Waals surface area contributed by atoms with Crippen LogP contribution in [0.5, 0.6) is 0 Å². The van der Waals surface area contributed by atoms with Crippen molar-refractivity contribution in [1.29, 1.82) is 0 Å². The second kappa shape index (κ2) is 6.29. The third kappa shape index (κ3) is 2.93. The number of hydrogen-bond donors (Lipinski definition) is 0. The first-order chi connectivity index (χ1) is 11.8. The molecule has 118 valence electrons. The normalized spacial score (nSPS) is 10.9. The summed E-state index contributed by atoms with van der Waals surface area (Å²) in [6.07, 6.45) is 9.00. The highest BCUT2D eigenvalue weighted by molar-refractivity contribution is 7.18. The van der Waals surface area contributed by atoms with E-state index in [1.165, 1.54) is 0 Å². The van der Waals surface area contributed by atoms with Crippen LogP contribution in [-0.4, -0.2) is 29.7 Å². The maximum atomic E-state index is 4.66. The van der Waals surface area contributed by atoms with Crippen molar-refractivity contribution < 1.29 is 0 Å². The minimum absolute atomic E-state index is 0.550. The molecule has 4 heterocycles. The zero-order valence-electron chi connectivity index (χ0n) is 13.0. The van der Waals surface area contributed by atoms with E-state index in [4.69, 9.17) is 0 Å². The van der Waals surface area contributed by atoms with Crippen molar-refractivity contribution in [2.75, 3.05) is 0 Å². The van der Waals surface area contributed by atoms with Gasteiger partial charge in [0.15, 0.2) is 0 Å². The molecule has 0 unspecified atom stereocenters. The quantitative estimate of drug-likeness (QED) is 0.573. The lowest BCUT2D eigenvalue weighted by molar-refractivity contribution is 0.657. The molecule has 0 bridgehead atoms. The topological polar surface area (TPSA) is 69.4 Å². The number of thiazole rings is 1. The Labute approximate surface area is 142 Å². The fraction of sp³-hybridized carbons (Fsp3) is 0.118. The maximum absolute atomic E-state index is 4.66. The minimum Gasteiger partial charge on any atom is -0.264 e. The van der Waals surface area contributed by atoms with Crippen molar-refractivity contribution in [2.45, 2.75) is 13.5 Å². The summed E-state index contributed by atoms with van der Waals surface area (Å²) in [5, 5.41) is 5.59. The van der Waals surface area contributed by atoms with E-state index in [9.17, 15) is 0 Å². The summed E-state index contributed by atoms with van der Waals surface area (Å²) in [6, 6.07) is 7.73. The van der Waals surface area contributed by atoms with Crippen LogP contribution in [0, 0.1) is 6.92 Å². The van der Waals surface area contributed by atoms with Crippen LogP contribution >= 0.6 is 11.3 Å². The maximum Gasteiger partial charge on any atom is 0.149 e. The second-order valence-electron chi connectivity index (χ2n) is 5.24. The predicted octanol–water partition coefficient (Wildman–Crippen LogP) is 3.22. The number of nitrogens with zero attached hydrogens (tertiary/aromatic N) is 6. The van der Waals surface area contributed by atoms with Gasteiger partial charge in [0.2, 0.25) is 0 Å². The Morgan fingerprint density at radius 3 is 2.75 bits per heavy atom. The molecule has 7 heteroatoms. The summed E-state index contributed by atoms with van der Waals surface area (Å²) in [5.74, 6) is 0.740. The summed E-state index contributed by atoms with van der Waals surface area (Å²) in [4.78, 5) is 18.3. The van der Waals surface area contributed by atoms with E-state index in [0.29, 0.717) is 6.54 Å². The van der Waals surface area contributed by atoms with Gasteiger partial charge in [-0.2, -0.15) is 5.10 Å². The van der Waals surface area contributed by atoms with Gasteiger partial charge in [0.1, 0.15) is 23.1 Å². The summed E-state index contributed by atoms with van der Waals surface area (Å²) in [7, 11) is 0. The molecule has 0 aliphatic heterocycles. The lowest BCUT2D eigenvalue weighted by Crippen LogP contribution is -2.04. The fourth-order valence-electron chi connectivity index (χ4n) is 2.37. The van der Waals surface area contributed by atoms with Crippen molar-refractivity contribution in [3.05, 3.63) is 66.8 Å². The monoisotopic (exact) mass is 334 g/mol. The molecule has 0 aliphatic carbocycles. The predicted molar refractivity (Wildman–Crippen MR) is 92.4 cm³/mol. The van der Waals surface area contributed by atoms with Gasteiger partial charge in [0.05, 0.1) is 10.6 Å². The van der Waals surface area contributed by atoms with Gasteiger partial charge in [0, 0.05) is 36.5 Å². The van der Waals surface area contributed by atoms with Crippen LogP contribution in [0.25, 0.3) is 21.1 Å². The van der Waals surface area contributed by atoms with Crippen LogP contribution in [0.2, 0.25) is 0 Å². The van der Waals surface area contributed by atoms with Gasteiger partial charge in [-0.1, -0.05) is 0 Å². The number of aromatic nitrogens is 6. The average molecular weight is 334 g/mol. The van der Waals surface area contributed by atoms with E-state index < -0.39 is 0 Å². The van der Waals surface area contributed by atoms with Crippen LogP contribution in [0.3, 0.4) is 0 Å². The molecule has 0 fully saturated rings. The van der Waals surface area contributed by atoms with Crippen LogP contribution in [-0.2, 0) is 6.54 Å². The van der Waals surface area contributed by atoms with E-state index in [2.05, 4.69) is 25.0 Å². The number of rotatable bonds is 4. The first-order valence-corrected chi connectivity index (χ1v) is 8.29. The molecule has 0 aromatic carbocycles. The van der Waals surface area contributed by atoms with Crippen LogP contribution in [0.1, 0.15) is 11.5 Å². The lowest BCUT2D eigenvalue weighted by atomic mass is 10.3. The Bertz CT molecular complexity index is 946. The smallest absolute Gasteiger partial charge is 0.149 e. The Balaban J connectivity index is 1.62. The van der Waals surface area contributed by atoms with Crippen molar-refractivity contribution in [3.8, 4) is 21.1 Å². The van der Waals surface area contributed by atoms with Gasteiger partial charge in [0.25, 0.3) is 0 Å². The minimum atomic E-state index is 0.550.